The second-order valence-electron chi connectivity index (χ2n) is 4.93. The van der Waals surface area contributed by atoms with Gasteiger partial charge in [-0.1, -0.05) is 12.1 Å². The first-order valence-electron chi connectivity index (χ1n) is 6.61. The van der Waals surface area contributed by atoms with Crippen molar-refractivity contribution in [3.63, 3.8) is 0 Å². The molecule has 0 aliphatic heterocycles. The van der Waals surface area contributed by atoms with E-state index >= 15 is 0 Å². The number of aryl methyl sites for hydroxylation is 1. The van der Waals surface area contributed by atoms with Crippen molar-refractivity contribution in [2.45, 2.75) is 12.7 Å². The number of nitrogens with zero attached hydrogens (tertiary/aromatic N) is 3. The van der Waals surface area contributed by atoms with Crippen LogP contribution in [0.5, 0.6) is 0 Å². The number of halogens is 3. The number of hydrogen-bond donors (Lipinski definition) is 1. The van der Waals surface area contributed by atoms with Gasteiger partial charge in [0.15, 0.2) is 5.82 Å². The number of anilines is 1. The van der Waals surface area contributed by atoms with E-state index in [1.807, 2.05) is 17.7 Å². The molecule has 0 saturated carbocycles. The Labute approximate surface area is 124 Å². The van der Waals surface area contributed by atoms with Crippen molar-refractivity contribution in [2.75, 3.05) is 5.32 Å². The van der Waals surface area contributed by atoms with Gasteiger partial charge >= 0.3 is 6.18 Å². The Bertz CT molecular complexity index is 791. The summed E-state index contributed by atoms with van der Waals surface area (Å²) in [5, 5.41) is 3.11. The van der Waals surface area contributed by atoms with Crippen LogP contribution in [0, 0.1) is 0 Å². The molecule has 0 unspecified atom stereocenters. The lowest BCUT2D eigenvalue weighted by Gasteiger charge is -2.09. The highest BCUT2D eigenvalue weighted by molar-refractivity contribution is 5.85. The fourth-order valence-corrected chi connectivity index (χ4v) is 2.19. The van der Waals surface area contributed by atoms with E-state index in [0.717, 1.165) is 28.7 Å². The Kier molecular flexibility index (Phi) is 3.48. The van der Waals surface area contributed by atoms with Crippen LogP contribution in [0.25, 0.3) is 11.0 Å². The van der Waals surface area contributed by atoms with E-state index in [9.17, 15) is 13.2 Å². The van der Waals surface area contributed by atoms with Crippen molar-refractivity contribution in [3.8, 4) is 0 Å². The fourth-order valence-electron chi connectivity index (χ4n) is 2.19. The smallest absolute Gasteiger partial charge is 0.364 e. The third-order valence-corrected chi connectivity index (χ3v) is 3.38. The highest BCUT2D eigenvalue weighted by Gasteiger charge is 2.29. The van der Waals surface area contributed by atoms with Gasteiger partial charge in [0.1, 0.15) is 5.52 Å². The number of aromatic nitrogens is 3. The largest absolute Gasteiger partial charge is 0.416 e. The minimum absolute atomic E-state index is 0.376. The van der Waals surface area contributed by atoms with Gasteiger partial charge < -0.3 is 9.88 Å². The molecule has 3 aromatic rings. The first-order chi connectivity index (χ1) is 10.4. The second-order valence-corrected chi connectivity index (χ2v) is 4.93. The summed E-state index contributed by atoms with van der Waals surface area (Å²) >= 11 is 0. The molecule has 1 N–H and O–H groups in total. The maximum atomic E-state index is 12.5. The number of pyridine rings is 1. The molecule has 2 aromatic heterocycles. The number of rotatable bonds is 3. The van der Waals surface area contributed by atoms with E-state index in [2.05, 4.69) is 15.3 Å². The van der Waals surface area contributed by atoms with E-state index in [1.165, 1.54) is 12.1 Å². The van der Waals surface area contributed by atoms with Crippen LogP contribution in [0.4, 0.5) is 19.0 Å². The van der Waals surface area contributed by atoms with E-state index in [4.69, 9.17) is 0 Å². The molecular formula is C15H13F3N4. The zero-order chi connectivity index (χ0) is 15.7. The zero-order valence-electron chi connectivity index (χ0n) is 11.7. The molecule has 0 radical (unpaired) electrons. The quantitative estimate of drug-likeness (QED) is 0.804. The Hall–Kier alpha value is -2.57. The molecule has 0 aliphatic carbocycles. The average molecular weight is 306 g/mol. The molecule has 2 heterocycles. The molecule has 1 aromatic carbocycles. The molecule has 0 saturated heterocycles. The zero-order valence-corrected chi connectivity index (χ0v) is 11.7. The Morgan fingerprint density at radius 3 is 2.50 bits per heavy atom. The van der Waals surface area contributed by atoms with Crippen LogP contribution in [0.1, 0.15) is 11.1 Å². The fraction of sp³-hybridized carbons (Fsp3) is 0.200. The first kappa shape index (κ1) is 14.4. The number of fused-ring (bicyclic) bond motifs is 1. The second kappa shape index (κ2) is 5.32. The summed E-state index contributed by atoms with van der Waals surface area (Å²) in [6.07, 6.45) is -0.957. The average Bonchev–Trinajstić information content (AvgIpc) is 2.87. The number of benzene rings is 1. The molecule has 7 heteroatoms. The maximum absolute atomic E-state index is 12.5. The lowest BCUT2D eigenvalue weighted by molar-refractivity contribution is -0.137. The molecule has 0 fully saturated rings. The number of alkyl halides is 3. The van der Waals surface area contributed by atoms with E-state index in [0.29, 0.717) is 12.4 Å². The van der Waals surface area contributed by atoms with Gasteiger partial charge in [0.25, 0.3) is 0 Å². The van der Waals surface area contributed by atoms with Crippen LogP contribution in [0.15, 0.2) is 42.9 Å². The summed E-state index contributed by atoms with van der Waals surface area (Å²) in [6, 6.07) is 6.91. The minimum Gasteiger partial charge on any atom is -0.364 e. The van der Waals surface area contributed by atoms with E-state index in [-0.39, 0.29) is 0 Å². The van der Waals surface area contributed by atoms with Crippen molar-refractivity contribution in [2.24, 2.45) is 7.05 Å². The molecule has 4 nitrogen and oxygen atoms in total. The lowest BCUT2D eigenvalue weighted by atomic mass is 10.1. The van der Waals surface area contributed by atoms with Crippen molar-refractivity contribution in [1.29, 1.82) is 0 Å². The van der Waals surface area contributed by atoms with Crippen molar-refractivity contribution in [3.05, 3.63) is 54.0 Å². The van der Waals surface area contributed by atoms with Crippen LogP contribution in [-0.4, -0.2) is 14.5 Å². The van der Waals surface area contributed by atoms with Crippen LogP contribution in [-0.2, 0) is 19.8 Å². The highest BCUT2D eigenvalue weighted by atomic mass is 19.4. The monoisotopic (exact) mass is 306 g/mol. The number of nitrogens with one attached hydrogen (secondary N) is 1. The van der Waals surface area contributed by atoms with E-state index in [1.54, 1.807) is 12.5 Å². The molecular weight excluding hydrogens is 293 g/mol. The van der Waals surface area contributed by atoms with Crippen LogP contribution >= 0.6 is 0 Å². The molecule has 3 rings (SSSR count). The van der Waals surface area contributed by atoms with Gasteiger partial charge in [0, 0.05) is 19.8 Å². The van der Waals surface area contributed by atoms with E-state index < -0.39 is 11.7 Å². The summed E-state index contributed by atoms with van der Waals surface area (Å²) in [7, 11) is 1.88. The maximum Gasteiger partial charge on any atom is 0.416 e. The molecule has 0 amide bonds. The van der Waals surface area contributed by atoms with Crippen LogP contribution < -0.4 is 5.32 Å². The Balaban J connectivity index is 1.77. The molecule has 0 spiro atoms. The normalized spacial score (nSPS) is 11.8. The summed E-state index contributed by atoms with van der Waals surface area (Å²) in [4.78, 5) is 8.49. The van der Waals surface area contributed by atoms with Crippen LogP contribution in [0.2, 0.25) is 0 Å². The van der Waals surface area contributed by atoms with Crippen molar-refractivity contribution < 1.29 is 13.2 Å². The minimum atomic E-state index is -4.31. The van der Waals surface area contributed by atoms with Gasteiger partial charge in [-0.15, -0.1) is 0 Å². The predicted molar refractivity (Wildman–Crippen MR) is 77.3 cm³/mol. The third-order valence-electron chi connectivity index (χ3n) is 3.38. The summed E-state index contributed by atoms with van der Waals surface area (Å²) in [6.45, 7) is 0.376. The highest BCUT2D eigenvalue weighted by Crippen LogP contribution is 2.29. The van der Waals surface area contributed by atoms with Gasteiger partial charge in [-0.2, -0.15) is 13.2 Å². The summed E-state index contributed by atoms with van der Waals surface area (Å²) < 4.78 is 39.4. The molecule has 114 valence electrons. The number of imidazole rings is 1. The van der Waals surface area contributed by atoms with Gasteiger partial charge in [0.05, 0.1) is 17.4 Å². The van der Waals surface area contributed by atoms with Gasteiger partial charge in [0.2, 0.25) is 0 Å². The topological polar surface area (TPSA) is 42.7 Å². The SMILES string of the molecule is Cn1cnc2c(NCc3ccc(C(F)(F)F)cc3)nccc21. The number of hydrogen-bond acceptors (Lipinski definition) is 3. The Morgan fingerprint density at radius 2 is 1.82 bits per heavy atom. The summed E-state index contributed by atoms with van der Waals surface area (Å²) in [5.74, 6) is 0.609. The van der Waals surface area contributed by atoms with Crippen molar-refractivity contribution in [1.82, 2.24) is 14.5 Å². The molecule has 0 atom stereocenters. The molecule has 0 bridgehead atoms. The van der Waals surface area contributed by atoms with Crippen molar-refractivity contribution >= 4 is 16.9 Å². The third kappa shape index (κ3) is 2.74. The first-order valence-corrected chi connectivity index (χ1v) is 6.61. The van der Waals surface area contributed by atoms with Crippen LogP contribution in [0.3, 0.4) is 0 Å². The van der Waals surface area contributed by atoms with Gasteiger partial charge in [-0.05, 0) is 23.8 Å². The standard InChI is InChI=1S/C15H13F3N4/c1-22-9-21-13-12(22)6-7-19-14(13)20-8-10-2-4-11(5-3-10)15(16,17)18/h2-7,9H,8H2,1H3,(H,19,20). The van der Waals surface area contributed by atoms with Gasteiger partial charge in [-0.3, -0.25) is 0 Å². The van der Waals surface area contributed by atoms with Gasteiger partial charge in [-0.25, -0.2) is 9.97 Å². The predicted octanol–water partition coefficient (Wildman–Crippen LogP) is 3.60. The molecule has 0 aliphatic rings. The molecule has 22 heavy (non-hydrogen) atoms. The lowest BCUT2D eigenvalue weighted by Crippen LogP contribution is -2.06. The summed E-state index contributed by atoms with van der Waals surface area (Å²) in [5.41, 5.74) is 1.76. The Morgan fingerprint density at radius 1 is 1.09 bits per heavy atom.